The molecule has 0 aliphatic rings. The van der Waals surface area contributed by atoms with E-state index < -0.39 is 0 Å². The molecule has 0 spiro atoms. The molecule has 1 amide bonds. The van der Waals surface area contributed by atoms with Crippen LogP contribution in [0.4, 0.5) is 0 Å². The van der Waals surface area contributed by atoms with Gasteiger partial charge in [0.1, 0.15) is 5.75 Å². The smallest absolute Gasteiger partial charge is 0.251 e. The molecule has 16 heavy (non-hydrogen) atoms. The molecular weight excluding hydrogens is 202 g/mol. The number of carbonyl (C=O) groups is 1. The van der Waals surface area contributed by atoms with Crippen molar-refractivity contribution in [1.82, 2.24) is 5.32 Å². The maximum atomic E-state index is 11.6. The Morgan fingerprint density at radius 1 is 1.31 bits per heavy atom. The molecule has 0 unspecified atom stereocenters. The summed E-state index contributed by atoms with van der Waals surface area (Å²) in [6, 6.07) is 10.7. The summed E-state index contributed by atoms with van der Waals surface area (Å²) in [7, 11) is 0. The minimum absolute atomic E-state index is 0.138. The number of carbonyl (C=O) groups excluding carboxylic acids is 1. The highest BCUT2D eigenvalue weighted by Gasteiger charge is 2.08. The minimum Gasteiger partial charge on any atom is -0.507 e. The van der Waals surface area contributed by atoms with Crippen molar-refractivity contribution >= 4 is 16.7 Å². The van der Waals surface area contributed by atoms with E-state index in [4.69, 9.17) is 0 Å². The van der Waals surface area contributed by atoms with Crippen molar-refractivity contribution in [3.63, 3.8) is 0 Å². The Bertz CT molecular complexity index is 534. The summed E-state index contributed by atoms with van der Waals surface area (Å²) in [6.45, 7) is 2.44. The van der Waals surface area contributed by atoms with Crippen LogP contribution in [-0.4, -0.2) is 17.6 Å². The van der Waals surface area contributed by atoms with E-state index in [0.717, 1.165) is 10.8 Å². The summed E-state index contributed by atoms with van der Waals surface area (Å²) < 4.78 is 0. The highest BCUT2D eigenvalue weighted by Crippen LogP contribution is 2.26. The lowest BCUT2D eigenvalue weighted by molar-refractivity contribution is 0.0955. The van der Waals surface area contributed by atoms with Crippen LogP contribution in [0, 0.1) is 0 Å². The third-order valence-corrected chi connectivity index (χ3v) is 2.44. The Morgan fingerprint density at radius 3 is 2.81 bits per heavy atom. The lowest BCUT2D eigenvalue weighted by Gasteiger charge is -2.06. The van der Waals surface area contributed by atoms with Gasteiger partial charge in [-0.1, -0.05) is 24.3 Å². The number of nitrogens with one attached hydrogen (secondary N) is 1. The van der Waals surface area contributed by atoms with E-state index in [9.17, 15) is 9.90 Å². The van der Waals surface area contributed by atoms with Crippen molar-refractivity contribution in [1.29, 1.82) is 0 Å². The lowest BCUT2D eigenvalue weighted by Crippen LogP contribution is -2.22. The van der Waals surface area contributed by atoms with Crippen LogP contribution in [0.3, 0.4) is 0 Å². The zero-order valence-corrected chi connectivity index (χ0v) is 9.03. The van der Waals surface area contributed by atoms with Gasteiger partial charge in [-0.05, 0) is 24.4 Å². The van der Waals surface area contributed by atoms with Crippen LogP contribution in [0.1, 0.15) is 17.3 Å². The number of rotatable bonds is 2. The molecule has 0 radical (unpaired) electrons. The molecule has 2 aromatic carbocycles. The topological polar surface area (TPSA) is 49.3 Å². The van der Waals surface area contributed by atoms with Crippen LogP contribution in [0.25, 0.3) is 10.8 Å². The molecule has 2 N–H and O–H groups in total. The number of phenols is 1. The van der Waals surface area contributed by atoms with E-state index >= 15 is 0 Å². The fourth-order valence-corrected chi connectivity index (χ4v) is 1.68. The molecule has 0 atom stereocenters. The van der Waals surface area contributed by atoms with E-state index in [1.165, 1.54) is 6.07 Å². The van der Waals surface area contributed by atoms with Crippen molar-refractivity contribution in [3.05, 3.63) is 42.0 Å². The van der Waals surface area contributed by atoms with Crippen molar-refractivity contribution in [2.45, 2.75) is 6.92 Å². The van der Waals surface area contributed by atoms with Crippen LogP contribution < -0.4 is 5.32 Å². The lowest BCUT2D eigenvalue weighted by atomic mass is 10.1. The van der Waals surface area contributed by atoms with Crippen LogP contribution >= 0.6 is 0 Å². The van der Waals surface area contributed by atoms with Gasteiger partial charge in [0.2, 0.25) is 0 Å². The number of benzene rings is 2. The van der Waals surface area contributed by atoms with Gasteiger partial charge in [0, 0.05) is 17.5 Å². The Kier molecular flexibility index (Phi) is 2.77. The number of amides is 1. The Morgan fingerprint density at radius 2 is 2.06 bits per heavy atom. The number of fused-ring (bicyclic) bond motifs is 1. The van der Waals surface area contributed by atoms with Crippen LogP contribution in [0.2, 0.25) is 0 Å². The average molecular weight is 215 g/mol. The zero-order valence-electron chi connectivity index (χ0n) is 9.03. The molecule has 0 saturated heterocycles. The zero-order chi connectivity index (χ0) is 11.5. The largest absolute Gasteiger partial charge is 0.507 e. The first kappa shape index (κ1) is 10.5. The van der Waals surface area contributed by atoms with Gasteiger partial charge in [-0.2, -0.15) is 0 Å². The predicted octanol–water partition coefficient (Wildman–Crippen LogP) is 2.30. The normalized spacial score (nSPS) is 10.3. The van der Waals surface area contributed by atoms with Crippen molar-refractivity contribution in [2.24, 2.45) is 0 Å². The van der Waals surface area contributed by atoms with Gasteiger partial charge in [0.05, 0.1) is 0 Å². The molecule has 0 aliphatic carbocycles. The molecule has 3 nitrogen and oxygen atoms in total. The van der Waals surface area contributed by atoms with Gasteiger partial charge in [0.15, 0.2) is 0 Å². The molecular formula is C13H13NO2. The molecule has 2 aromatic rings. The van der Waals surface area contributed by atoms with E-state index in [0.29, 0.717) is 12.1 Å². The number of aromatic hydroxyl groups is 1. The Labute approximate surface area is 93.7 Å². The first-order valence-corrected chi connectivity index (χ1v) is 5.22. The van der Waals surface area contributed by atoms with Crippen molar-refractivity contribution in [2.75, 3.05) is 6.54 Å². The molecule has 82 valence electrons. The molecule has 0 heterocycles. The average Bonchev–Trinajstić information content (AvgIpc) is 2.29. The van der Waals surface area contributed by atoms with Gasteiger partial charge >= 0.3 is 0 Å². The predicted molar refractivity (Wildman–Crippen MR) is 63.6 cm³/mol. The second kappa shape index (κ2) is 4.23. The van der Waals surface area contributed by atoms with Gasteiger partial charge in [0.25, 0.3) is 5.91 Å². The fourth-order valence-electron chi connectivity index (χ4n) is 1.68. The molecule has 2 rings (SSSR count). The van der Waals surface area contributed by atoms with Crippen LogP contribution in [0.15, 0.2) is 36.4 Å². The second-order valence-electron chi connectivity index (χ2n) is 3.58. The summed E-state index contributed by atoms with van der Waals surface area (Å²) in [5.41, 5.74) is 0.484. The molecule has 3 heteroatoms. The highest BCUT2D eigenvalue weighted by molar-refractivity contribution is 6.00. The number of phenolic OH excluding ortho intramolecular Hbond substituents is 1. The van der Waals surface area contributed by atoms with Crippen molar-refractivity contribution < 1.29 is 9.90 Å². The van der Waals surface area contributed by atoms with Gasteiger partial charge in [-0.15, -0.1) is 0 Å². The molecule has 0 aromatic heterocycles. The van der Waals surface area contributed by atoms with Gasteiger partial charge in [-0.3, -0.25) is 4.79 Å². The van der Waals surface area contributed by atoms with Crippen LogP contribution in [-0.2, 0) is 0 Å². The third kappa shape index (κ3) is 1.84. The van der Waals surface area contributed by atoms with E-state index in [2.05, 4.69) is 5.32 Å². The first-order valence-electron chi connectivity index (χ1n) is 5.22. The summed E-state index contributed by atoms with van der Waals surface area (Å²) in [5, 5.41) is 14.1. The Balaban J connectivity index is 2.53. The molecule has 0 saturated carbocycles. The molecule has 0 aliphatic heterocycles. The van der Waals surface area contributed by atoms with Gasteiger partial charge < -0.3 is 10.4 Å². The number of hydrogen-bond acceptors (Lipinski definition) is 2. The SMILES string of the molecule is CCNC(=O)c1cc(O)c2ccccc2c1. The molecule has 0 bridgehead atoms. The summed E-state index contributed by atoms with van der Waals surface area (Å²) in [6.07, 6.45) is 0. The van der Waals surface area contributed by atoms with Crippen molar-refractivity contribution in [3.8, 4) is 5.75 Å². The summed E-state index contributed by atoms with van der Waals surface area (Å²) >= 11 is 0. The van der Waals surface area contributed by atoms with E-state index in [1.807, 2.05) is 31.2 Å². The molecule has 0 fully saturated rings. The standard InChI is InChI=1S/C13H13NO2/c1-2-14-13(16)10-7-9-5-3-4-6-11(9)12(15)8-10/h3-8,15H,2H2,1H3,(H,14,16). The summed E-state index contributed by atoms with van der Waals surface area (Å²) in [4.78, 5) is 11.6. The second-order valence-corrected chi connectivity index (χ2v) is 3.58. The van der Waals surface area contributed by atoms with Crippen LogP contribution in [0.5, 0.6) is 5.75 Å². The maximum Gasteiger partial charge on any atom is 0.251 e. The minimum atomic E-state index is -0.163. The number of hydrogen-bond donors (Lipinski definition) is 2. The van der Waals surface area contributed by atoms with E-state index in [-0.39, 0.29) is 11.7 Å². The van der Waals surface area contributed by atoms with E-state index in [1.54, 1.807) is 6.07 Å². The highest BCUT2D eigenvalue weighted by atomic mass is 16.3. The fraction of sp³-hybridized carbons (Fsp3) is 0.154. The first-order chi connectivity index (χ1) is 7.72. The third-order valence-electron chi connectivity index (χ3n) is 2.44. The quantitative estimate of drug-likeness (QED) is 0.807. The summed E-state index contributed by atoms with van der Waals surface area (Å²) in [5.74, 6) is -0.0251. The Hall–Kier alpha value is -2.03. The maximum absolute atomic E-state index is 11.6. The monoisotopic (exact) mass is 215 g/mol. The van der Waals surface area contributed by atoms with Gasteiger partial charge in [-0.25, -0.2) is 0 Å².